The molecule has 0 bridgehead atoms. The number of nitrogens with two attached hydrogens (primary N) is 1. The number of aliphatic hydroxyl groups excluding tert-OH is 1. The maximum Gasteiger partial charge on any atom is 0.251 e. The minimum Gasteiger partial charge on any atom is -0.384 e. The maximum absolute atomic E-state index is 12.0. The highest BCUT2D eigenvalue weighted by Crippen LogP contribution is 2.26. The standard InChI is InChI=1S/C22H29N9O3/c1-15(32)21(33)30-4-2-28(3-5-30)13-16-10-18-20(29-6-8-34-9-7-29)26-19(27-31(18)14-16)17-11-24-22(23)25-12-17/h10-12,14-15,32H,2-9,13H2,1H3,(H2,23,24,25)/t15-/m0/s1. The Bertz CT molecular complexity index is 1150. The van der Waals surface area contributed by atoms with Crippen molar-refractivity contribution in [1.29, 1.82) is 0 Å². The Morgan fingerprint density at radius 1 is 1.15 bits per heavy atom. The molecular formula is C22H29N9O3. The second-order valence-electron chi connectivity index (χ2n) is 8.64. The van der Waals surface area contributed by atoms with Crippen LogP contribution in [0.15, 0.2) is 24.7 Å². The first-order valence-corrected chi connectivity index (χ1v) is 11.5. The van der Waals surface area contributed by atoms with Crippen LogP contribution in [-0.2, 0) is 16.1 Å². The van der Waals surface area contributed by atoms with Crippen molar-refractivity contribution in [1.82, 2.24) is 34.4 Å². The zero-order chi connectivity index (χ0) is 23.7. The fourth-order valence-corrected chi connectivity index (χ4v) is 4.36. The summed E-state index contributed by atoms with van der Waals surface area (Å²) in [7, 11) is 0. The zero-order valence-corrected chi connectivity index (χ0v) is 19.2. The lowest BCUT2D eigenvalue weighted by Crippen LogP contribution is -2.50. The minimum absolute atomic E-state index is 0.205. The normalized spacial score (nSPS) is 18.4. The van der Waals surface area contributed by atoms with Crippen LogP contribution in [0.3, 0.4) is 0 Å². The van der Waals surface area contributed by atoms with Crippen molar-refractivity contribution in [3.63, 3.8) is 0 Å². The molecule has 5 rings (SSSR count). The monoisotopic (exact) mass is 467 g/mol. The van der Waals surface area contributed by atoms with Gasteiger partial charge in [0.25, 0.3) is 5.91 Å². The molecule has 3 N–H and O–H groups in total. The van der Waals surface area contributed by atoms with Crippen LogP contribution in [0.1, 0.15) is 12.5 Å². The summed E-state index contributed by atoms with van der Waals surface area (Å²) in [6, 6.07) is 2.13. The van der Waals surface area contributed by atoms with E-state index in [2.05, 4.69) is 25.8 Å². The summed E-state index contributed by atoms with van der Waals surface area (Å²) in [6.07, 6.45) is 4.33. The van der Waals surface area contributed by atoms with E-state index in [1.165, 1.54) is 6.92 Å². The molecule has 0 saturated carbocycles. The highest BCUT2D eigenvalue weighted by atomic mass is 16.5. The quantitative estimate of drug-likeness (QED) is 0.511. The second kappa shape index (κ2) is 9.49. The Labute approximate surface area is 197 Å². The first-order chi connectivity index (χ1) is 16.5. The Balaban J connectivity index is 1.41. The number of aromatic nitrogens is 5. The first kappa shape index (κ1) is 22.4. The van der Waals surface area contributed by atoms with Gasteiger partial charge in [-0.15, -0.1) is 5.10 Å². The zero-order valence-electron chi connectivity index (χ0n) is 19.2. The van der Waals surface area contributed by atoms with Gasteiger partial charge in [0.2, 0.25) is 5.95 Å². The molecule has 1 amide bonds. The van der Waals surface area contributed by atoms with Gasteiger partial charge in [-0.05, 0) is 18.6 Å². The molecule has 12 heteroatoms. The summed E-state index contributed by atoms with van der Waals surface area (Å²) in [6.45, 7) is 7.78. The third-order valence-corrected chi connectivity index (χ3v) is 6.19. The summed E-state index contributed by atoms with van der Waals surface area (Å²) in [5.74, 6) is 1.38. The summed E-state index contributed by atoms with van der Waals surface area (Å²) >= 11 is 0. The van der Waals surface area contributed by atoms with E-state index in [1.54, 1.807) is 17.3 Å². The molecule has 34 heavy (non-hydrogen) atoms. The van der Waals surface area contributed by atoms with Gasteiger partial charge < -0.3 is 25.4 Å². The topological polar surface area (TPSA) is 138 Å². The molecule has 3 aromatic rings. The maximum atomic E-state index is 12.0. The van der Waals surface area contributed by atoms with E-state index in [1.807, 2.05) is 10.7 Å². The SMILES string of the molecule is C[C@H](O)C(=O)N1CCN(Cc2cc3c(N4CCOCC4)nc(-c4cnc(N)nc4)nn3c2)CC1. The average Bonchev–Trinajstić information content (AvgIpc) is 3.26. The number of fused-ring (bicyclic) bond motifs is 1. The van der Waals surface area contributed by atoms with Gasteiger partial charge in [0, 0.05) is 64.4 Å². The first-order valence-electron chi connectivity index (χ1n) is 11.5. The van der Waals surface area contributed by atoms with Crippen LogP contribution in [0.5, 0.6) is 0 Å². The highest BCUT2D eigenvalue weighted by molar-refractivity contribution is 5.80. The van der Waals surface area contributed by atoms with Crippen molar-refractivity contribution < 1.29 is 14.6 Å². The Kier molecular flexibility index (Phi) is 6.26. The number of ether oxygens (including phenoxy) is 1. The number of hydrogen-bond donors (Lipinski definition) is 2. The van der Waals surface area contributed by atoms with Gasteiger partial charge in [-0.2, -0.15) is 0 Å². The average molecular weight is 468 g/mol. The second-order valence-corrected chi connectivity index (χ2v) is 8.64. The highest BCUT2D eigenvalue weighted by Gasteiger charge is 2.25. The van der Waals surface area contributed by atoms with Crippen molar-refractivity contribution in [3.05, 3.63) is 30.2 Å². The summed E-state index contributed by atoms with van der Waals surface area (Å²) in [5, 5.41) is 14.3. The Morgan fingerprint density at radius 3 is 2.53 bits per heavy atom. The number of nitrogen functional groups attached to an aromatic ring is 1. The summed E-state index contributed by atoms with van der Waals surface area (Å²) < 4.78 is 7.40. The molecular weight excluding hydrogens is 438 g/mol. The Morgan fingerprint density at radius 2 is 1.85 bits per heavy atom. The van der Waals surface area contributed by atoms with Crippen molar-refractivity contribution in [2.45, 2.75) is 19.6 Å². The number of aliphatic hydroxyl groups is 1. The predicted octanol–water partition coefficient (Wildman–Crippen LogP) is -0.370. The van der Waals surface area contributed by atoms with Crippen molar-refractivity contribution in [3.8, 4) is 11.4 Å². The van der Waals surface area contributed by atoms with Gasteiger partial charge in [-0.25, -0.2) is 19.5 Å². The molecule has 1 atom stereocenters. The van der Waals surface area contributed by atoms with Crippen LogP contribution in [0.25, 0.3) is 16.9 Å². The fourth-order valence-electron chi connectivity index (χ4n) is 4.36. The van der Waals surface area contributed by atoms with Crippen molar-refractivity contribution in [2.75, 3.05) is 63.1 Å². The van der Waals surface area contributed by atoms with E-state index >= 15 is 0 Å². The molecule has 180 valence electrons. The number of morpholine rings is 1. The molecule has 0 aliphatic carbocycles. The number of rotatable bonds is 5. The number of amides is 1. The van der Waals surface area contributed by atoms with Gasteiger partial charge in [0.15, 0.2) is 11.6 Å². The molecule has 2 aliphatic heterocycles. The van der Waals surface area contributed by atoms with E-state index in [-0.39, 0.29) is 11.9 Å². The lowest BCUT2D eigenvalue weighted by atomic mass is 10.2. The lowest BCUT2D eigenvalue weighted by molar-refractivity contribution is -0.141. The molecule has 2 aliphatic rings. The molecule has 3 aromatic heterocycles. The van der Waals surface area contributed by atoms with Gasteiger partial charge in [0.1, 0.15) is 11.6 Å². The predicted molar refractivity (Wildman–Crippen MR) is 125 cm³/mol. The van der Waals surface area contributed by atoms with Crippen molar-refractivity contribution in [2.24, 2.45) is 0 Å². The van der Waals surface area contributed by atoms with Gasteiger partial charge >= 0.3 is 0 Å². The largest absolute Gasteiger partial charge is 0.384 e. The van der Waals surface area contributed by atoms with E-state index in [4.69, 9.17) is 20.6 Å². The van der Waals surface area contributed by atoms with Crippen LogP contribution >= 0.6 is 0 Å². The Hall–Kier alpha value is -3.35. The molecule has 0 aromatic carbocycles. The van der Waals surface area contributed by atoms with Gasteiger partial charge in [-0.3, -0.25) is 9.69 Å². The van der Waals surface area contributed by atoms with Crippen molar-refractivity contribution >= 4 is 23.2 Å². The smallest absolute Gasteiger partial charge is 0.251 e. The molecule has 5 heterocycles. The number of carbonyl (C=O) groups is 1. The van der Waals surface area contributed by atoms with E-state index in [9.17, 15) is 9.90 Å². The number of hydrogen-bond acceptors (Lipinski definition) is 10. The van der Waals surface area contributed by atoms with Gasteiger partial charge in [0.05, 0.1) is 18.8 Å². The molecule has 0 spiro atoms. The van der Waals surface area contributed by atoms with Crippen LogP contribution in [-0.4, -0.2) is 104 Å². The molecule has 0 radical (unpaired) electrons. The van der Waals surface area contributed by atoms with E-state index in [0.29, 0.717) is 37.7 Å². The number of piperazine rings is 1. The van der Waals surface area contributed by atoms with Crippen LogP contribution in [0, 0.1) is 0 Å². The number of anilines is 2. The third kappa shape index (κ3) is 4.65. The molecule has 12 nitrogen and oxygen atoms in total. The van der Waals surface area contributed by atoms with E-state index < -0.39 is 6.10 Å². The fraction of sp³-hybridized carbons (Fsp3) is 0.500. The summed E-state index contributed by atoms with van der Waals surface area (Å²) in [5.41, 5.74) is 8.39. The number of carbonyl (C=O) groups excluding carboxylic acids is 1. The van der Waals surface area contributed by atoms with E-state index in [0.717, 1.165) is 49.6 Å². The van der Waals surface area contributed by atoms with Crippen LogP contribution in [0.4, 0.5) is 11.8 Å². The van der Waals surface area contributed by atoms with Crippen LogP contribution < -0.4 is 10.6 Å². The third-order valence-electron chi connectivity index (χ3n) is 6.19. The van der Waals surface area contributed by atoms with Gasteiger partial charge in [-0.1, -0.05) is 0 Å². The molecule has 2 fully saturated rings. The lowest BCUT2D eigenvalue weighted by Gasteiger charge is -2.35. The van der Waals surface area contributed by atoms with Crippen LogP contribution in [0.2, 0.25) is 0 Å². The molecule has 2 saturated heterocycles. The number of nitrogens with zero attached hydrogens (tertiary/aromatic N) is 8. The minimum atomic E-state index is -0.957. The summed E-state index contributed by atoms with van der Waals surface area (Å²) in [4.78, 5) is 31.3. The molecule has 0 unspecified atom stereocenters.